The molecule has 3 N–H and O–H groups in total. The molecule has 0 saturated heterocycles. The minimum Gasteiger partial charge on any atom is -0.396 e. The predicted octanol–water partition coefficient (Wildman–Crippen LogP) is 1.74. The number of carbonyl (C=O) groups is 2. The van der Waals surface area contributed by atoms with Gasteiger partial charge in [0.1, 0.15) is 0 Å². The Labute approximate surface area is 133 Å². The fourth-order valence-electron chi connectivity index (χ4n) is 3.65. The fourth-order valence-corrected chi connectivity index (χ4v) is 3.65. The van der Waals surface area contributed by atoms with Gasteiger partial charge in [-0.3, -0.25) is 9.59 Å². The van der Waals surface area contributed by atoms with Crippen LogP contribution in [0.2, 0.25) is 0 Å². The molecule has 2 saturated carbocycles. The summed E-state index contributed by atoms with van der Waals surface area (Å²) in [5, 5.41) is 15.2. The predicted molar refractivity (Wildman–Crippen MR) is 85.2 cm³/mol. The third-order valence-electron chi connectivity index (χ3n) is 5.08. The molecule has 0 bridgehead atoms. The highest BCUT2D eigenvalue weighted by Crippen LogP contribution is 2.25. The van der Waals surface area contributed by atoms with Crippen molar-refractivity contribution in [2.24, 2.45) is 11.8 Å². The van der Waals surface area contributed by atoms with Crippen molar-refractivity contribution in [3.05, 3.63) is 0 Å². The number of aliphatic hydroxyl groups is 1. The van der Waals surface area contributed by atoms with Crippen LogP contribution in [0.4, 0.5) is 0 Å². The number of amides is 2. The average molecular weight is 310 g/mol. The quantitative estimate of drug-likeness (QED) is 0.699. The molecule has 2 aliphatic rings. The van der Waals surface area contributed by atoms with Crippen LogP contribution in [0.15, 0.2) is 0 Å². The maximum absolute atomic E-state index is 12.1. The molecule has 0 aromatic rings. The van der Waals surface area contributed by atoms with Gasteiger partial charge in [0.25, 0.3) is 0 Å². The van der Waals surface area contributed by atoms with Crippen LogP contribution in [-0.4, -0.2) is 35.6 Å². The molecule has 1 unspecified atom stereocenters. The summed E-state index contributed by atoms with van der Waals surface area (Å²) in [5.41, 5.74) is 0. The first kappa shape index (κ1) is 17.3. The Morgan fingerprint density at radius 1 is 1.09 bits per heavy atom. The van der Waals surface area contributed by atoms with Gasteiger partial charge in [0.05, 0.1) is 0 Å². The van der Waals surface area contributed by atoms with Gasteiger partial charge in [0.2, 0.25) is 11.8 Å². The van der Waals surface area contributed by atoms with E-state index in [0.29, 0.717) is 12.3 Å². The van der Waals surface area contributed by atoms with Gasteiger partial charge in [0.15, 0.2) is 0 Å². The average Bonchev–Trinajstić information content (AvgIpc) is 3.02. The Morgan fingerprint density at radius 2 is 1.73 bits per heavy atom. The lowest BCUT2D eigenvalue weighted by atomic mass is 9.86. The lowest BCUT2D eigenvalue weighted by Crippen LogP contribution is -2.43. The van der Waals surface area contributed by atoms with Crippen LogP contribution >= 0.6 is 0 Å². The third-order valence-corrected chi connectivity index (χ3v) is 5.08. The Morgan fingerprint density at radius 3 is 2.32 bits per heavy atom. The van der Waals surface area contributed by atoms with Crippen LogP contribution < -0.4 is 10.6 Å². The minimum absolute atomic E-state index is 0.0201. The van der Waals surface area contributed by atoms with Crippen molar-refractivity contribution < 1.29 is 14.7 Å². The van der Waals surface area contributed by atoms with E-state index in [2.05, 4.69) is 10.6 Å². The monoisotopic (exact) mass is 310 g/mol. The second-order valence-corrected chi connectivity index (χ2v) is 7.06. The first-order chi connectivity index (χ1) is 10.6. The van der Waals surface area contributed by atoms with Crippen LogP contribution in [0, 0.1) is 11.8 Å². The summed E-state index contributed by atoms with van der Waals surface area (Å²) in [7, 11) is 0. The molecule has 0 spiro atoms. The Hall–Kier alpha value is -1.10. The van der Waals surface area contributed by atoms with Crippen molar-refractivity contribution in [2.45, 2.75) is 76.8 Å². The first-order valence-electron chi connectivity index (χ1n) is 8.79. The summed E-state index contributed by atoms with van der Waals surface area (Å²) in [5.74, 6) is 0.685. The smallest absolute Gasteiger partial charge is 0.223 e. The van der Waals surface area contributed by atoms with E-state index in [1.165, 1.54) is 0 Å². The van der Waals surface area contributed by atoms with Gasteiger partial charge in [-0.25, -0.2) is 0 Å². The largest absolute Gasteiger partial charge is 0.396 e. The molecule has 5 heteroatoms. The third kappa shape index (κ3) is 5.27. The molecule has 0 aromatic heterocycles. The van der Waals surface area contributed by atoms with Crippen molar-refractivity contribution in [3.8, 4) is 0 Å². The lowest BCUT2D eigenvalue weighted by Gasteiger charge is -2.28. The van der Waals surface area contributed by atoms with E-state index >= 15 is 0 Å². The fraction of sp³-hybridized carbons (Fsp3) is 0.882. The Bertz CT molecular complexity index is 372. The molecule has 0 aromatic carbocycles. The van der Waals surface area contributed by atoms with Gasteiger partial charge in [-0.15, -0.1) is 0 Å². The molecular formula is C17H30N2O3. The second kappa shape index (κ2) is 8.51. The summed E-state index contributed by atoms with van der Waals surface area (Å²) in [6, 6.07) is 0.120. The van der Waals surface area contributed by atoms with Crippen LogP contribution in [0.1, 0.15) is 64.7 Å². The zero-order valence-electron chi connectivity index (χ0n) is 13.6. The van der Waals surface area contributed by atoms with E-state index in [9.17, 15) is 9.59 Å². The van der Waals surface area contributed by atoms with Crippen molar-refractivity contribution in [2.75, 3.05) is 6.61 Å². The first-order valence-corrected chi connectivity index (χ1v) is 8.79. The highest BCUT2D eigenvalue weighted by Gasteiger charge is 2.25. The minimum atomic E-state index is -0.109. The molecule has 2 rings (SSSR count). The van der Waals surface area contributed by atoms with Crippen molar-refractivity contribution >= 4 is 11.8 Å². The highest BCUT2D eigenvalue weighted by atomic mass is 16.3. The normalized spacial score (nSPS) is 27.4. The van der Waals surface area contributed by atoms with E-state index in [-0.39, 0.29) is 36.4 Å². The van der Waals surface area contributed by atoms with E-state index in [1.54, 1.807) is 0 Å². The van der Waals surface area contributed by atoms with Gasteiger partial charge >= 0.3 is 0 Å². The molecule has 5 nitrogen and oxygen atoms in total. The van der Waals surface area contributed by atoms with Crippen molar-refractivity contribution in [3.63, 3.8) is 0 Å². The lowest BCUT2D eigenvalue weighted by molar-refractivity contribution is -0.126. The van der Waals surface area contributed by atoms with Gasteiger partial charge in [0, 0.05) is 31.0 Å². The molecule has 0 radical (unpaired) electrons. The molecule has 22 heavy (non-hydrogen) atoms. The molecule has 2 aliphatic carbocycles. The maximum Gasteiger partial charge on any atom is 0.223 e. The van der Waals surface area contributed by atoms with Crippen molar-refractivity contribution in [1.29, 1.82) is 0 Å². The van der Waals surface area contributed by atoms with E-state index < -0.39 is 0 Å². The number of rotatable bonds is 6. The highest BCUT2D eigenvalue weighted by molar-refractivity contribution is 5.81. The van der Waals surface area contributed by atoms with Gasteiger partial charge in [-0.05, 0) is 51.4 Å². The molecule has 2 fully saturated rings. The molecule has 2 amide bonds. The molecule has 126 valence electrons. The summed E-state index contributed by atoms with van der Waals surface area (Å²) in [6.45, 7) is 2.15. The standard InChI is InChI=1S/C17H30N2O3/c1-12(18-17(22)14-4-2-3-5-14)10-16(21)19-15-8-6-13(11-20)7-9-15/h12-15,20H,2-11H2,1H3,(H,18,22)(H,19,21). The molecule has 0 heterocycles. The number of nitrogens with one attached hydrogen (secondary N) is 2. The summed E-state index contributed by atoms with van der Waals surface area (Å²) >= 11 is 0. The van der Waals surface area contributed by atoms with Crippen LogP contribution in [0.5, 0.6) is 0 Å². The SMILES string of the molecule is CC(CC(=O)NC1CCC(CO)CC1)NC(=O)C1CCCC1. The zero-order chi connectivity index (χ0) is 15.9. The van der Waals surface area contributed by atoms with Crippen LogP contribution in [-0.2, 0) is 9.59 Å². The topological polar surface area (TPSA) is 78.4 Å². The number of carbonyl (C=O) groups excluding carboxylic acids is 2. The number of hydrogen-bond donors (Lipinski definition) is 3. The second-order valence-electron chi connectivity index (χ2n) is 7.06. The summed E-state index contributed by atoms with van der Waals surface area (Å²) in [6.07, 6.45) is 8.45. The van der Waals surface area contributed by atoms with Gasteiger partial charge in [-0.1, -0.05) is 12.8 Å². The molecule has 1 atom stereocenters. The number of hydrogen-bond acceptors (Lipinski definition) is 3. The molecule has 0 aliphatic heterocycles. The number of aliphatic hydroxyl groups excluding tert-OH is 1. The maximum atomic E-state index is 12.1. The van der Waals surface area contributed by atoms with Gasteiger partial charge in [-0.2, -0.15) is 0 Å². The van der Waals surface area contributed by atoms with Crippen molar-refractivity contribution in [1.82, 2.24) is 10.6 Å². The summed E-state index contributed by atoms with van der Waals surface area (Å²) < 4.78 is 0. The molecular weight excluding hydrogens is 280 g/mol. The van der Waals surface area contributed by atoms with E-state index in [4.69, 9.17) is 5.11 Å². The van der Waals surface area contributed by atoms with Crippen LogP contribution in [0.3, 0.4) is 0 Å². The van der Waals surface area contributed by atoms with Crippen LogP contribution in [0.25, 0.3) is 0 Å². The van der Waals surface area contributed by atoms with E-state index in [1.807, 2.05) is 6.92 Å². The van der Waals surface area contributed by atoms with Gasteiger partial charge < -0.3 is 15.7 Å². The Kier molecular flexibility index (Phi) is 6.68. The summed E-state index contributed by atoms with van der Waals surface area (Å²) in [4.78, 5) is 24.1. The zero-order valence-corrected chi connectivity index (χ0v) is 13.6. The van der Waals surface area contributed by atoms with E-state index in [0.717, 1.165) is 51.4 Å². The Balaban J connectivity index is 1.64.